The van der Waals surface area contributed by atoms with Gasteiger partial charge in [-0.25, -0.2) is 0 Å². The summed E-state index contributed by atoms with van der Waals surface area (Å²) in [5.41, 5.74) is 2.27. The number of ether oxygens (including phenoxy) is 1. The summed E-state index contributed by atoms with van der Waals surface area (Å²) in [4.78, 5) is 13.9. The number of nitrogens with zero attached hydrogens (tertiary/aromatic N) is 1. The lowest BCUT2D eigenvalue weighted by molar-refractivity contribution is -0.146. The standard InChI is InChI=1S/C16H23NO2/c1-4-5-13-6-8-14(9-7-13)17(2)12-16(10-11-16)15(18)19-3/h6-9H,4-5,10-12H2,1-3H3. The zero-order chi connectivity index (χ0) is 13.9. The number of methoxy groups -OCH3 is 1. The minimum Gasteiger partial charge on any atom is -0.469 e. The van der Waals surface area contributed by atoms with E-state index in [0.717, 1.165) is 31.5 Å². The van der Waals surface area contributed by atoms with E-state index in [4.69, 9.17) is 4.74 Å². The molecule has 0 unspecified atom stereocenters. The third-order valence-electron chi connectivity index (χ3n) is 3.93. The monoisotopic (exact) mass is 261 g/mol. The van der Waals surface area contributed by atoms with Gasteiger partial charge in [0, 0.05) is 19.3 Å². The Balaban J connectivity index is 2.00. The molecule has 0 aromatic heterocycles. The first kappa shape index (κ1) is 13.9. The van der Waals surface area contributed by atoms with Gasteiger partial charge in [0.05, 0.1) is 12.5 Å². The molecular weight excluding hydrogens is 238 g/mol. The van der Waals surface area contributed by atoms with Crippen LogP contribution in [-0.2, 0) is 16.0 Å². The minimum absolute atomic E-state index is 0.0676. The first-order valence-corrected chi connectivity index (χ1v) is 7.00. The molecule has 3 heteroatoms. The molecule has 0 N–H and O–H groups in total. The quantitative estimate of drug-likeness (QED) is 0.737. The highest BCUT2D eigenvalue weighted by Gasteiger charge is 2.51. The lowest BCUT2D eigenvalue weighted by Crippen LogP contribution is -2.32. The van der Waals surface area contributed by atoms with Crippen molar-refractivity contribution in [3.63, 3.8) is 0 Å². The van der Waals surface area contributed by atoms with Gasteiger partial charge in [-0.05, 0) is 37.0 Å². The van der Waals surface area contributed by atoms with E-state index < -0.39 is 0 Å². The van der Waals surface area contributed by atoms with Crippen molar-refractivity contribution in [1.29, 1.82) is 0 Å². The maximum atomic E-state index is 11.8. The lowest BCUT2D eigenvalue weighted by atomic mass is 10.1. The van der Waals surface area contributed by atoms with Crippen molar-refractivity contribution in [3.05, 3.63) is 29.8 Å². The number of hydrogen-bond acceptors (Lipinski definition) is 3. The molecule has 0 saturated heterocycles. The van der Waals surface area contributed by atoms with Gasteiger partial charge in [0.2, 0.25) is 0 Å². The predicted molar refractivity (Wildman–Crippen MR) is 77.4 cm³/mol. The molecule has 1 aliphatic carbocycles. The summed E-state index contributed by atoms with van der Waals surface area (Å²) in [5, 5.41) is 0. The van der Waals surface area contributed by atoms with Crippen molar-refractivity contribution in [2.45, 2.75) is 32.6 Å². The second-order valence-corrected chi connectivity index (χ2v) is 5.54. The van der Waals surface area contributed by atoms with Crippen LogP contribution in [-0.4, -0.2) is 26.7 Å². The fourth-order valence-corrected chi connectivity index (χ4v) is 2.55. The molecule has 2 rings (SSSR count). The number of hydrogen-bond donors (Lipinski definition) is 0. The highest BCUT2D eigenvalue weighted by atomic mass is 16.5. The topological polar surface area (TPSA) is 29.5 Å². The molecule has 0 spiro atoms. The smallest absolute Gasteiger partial charge is 0.313 e. The average molecular weight is 261 g/mol. The maximum Gasteiger partial charge on any atom is 0.313 e. The van der Waals surface area contributed by atoms with E-state index in [-0.39, 0.29) is 11.4 Å². The highest BCUT2D eigenvalue weighted by molar-refractivity contribution is 5.80. The van der Waals surface area contributed by atoms with Gasteiger partial charge in [-0.1, -0.05) is 25.5 Å². The molecule has 0 radical (unpaired) electrons. The molecule has 1 aliphatic rings. The van der Waals surface area contributed by atoms with Gasteiger partial charge in [-0.15, -0.1) is 0 Å². The number of anilines is 1. The van der Waals surface area contributed by atoms with Gasteiger partial charge >= 0.3 is 5.97 Å². The van der Waals surface area contributed by atoms with Gasteiger partial charge in [0.25, 0.3) is 0 Å². The van der Waals surface area contributed by atoms with E-state index in [1.54, 1.807) is 0 Å². The van der Waals surface area contributed by atoms with E-state index in [2.05, 4.69) is 36.1 Å². The molecule has 0 aliphatic heterocycles. The first-order valence-electron chi connectivity index (χ1n) is 7.00. The largest absolute Gasteiger partial charge is 0.469 e. The van der Waals surface area contributed by atoms with Crippen LogP contribution < -0.4 is 4.90 Å². The molecule has 3 nitrogen and oxygen atoms in total. The summed E-state index contributed by atoms with van der Waals surface area (Å²) in [6.07, 6.45) is 4.17. The summed E-state index contributed by atoms with van der Waals surface area (Å²) >= 11 is 0. The Hall–Kier alpha value is -1.51. The van der Waals surface area contributed by atoms with Crippen molar-refractivity contribution < 1.29 is 9.53 Å². The fraction of sp³-hybridized carbons (Fsp3) is 0.562. The van der Waals surface area contributed by atoms with Crippen molar-refractivity contribution >= 4 is 11.7 Å². The van der Waals surface area contributed by atoms with Gasteiger partial charge in [-0.2, -0.15) is 0 Å². The second kappa shape index (κ2) is 5.64. The fourth-order valence-electron chi connectivity index (χ4n) is 2.55. The second-order valence-electron chi connectivity index (χ2n) is 5.54. The van der Waals surface area contributed by atoms with Crippen molar-refractivity contribution in [3.8, 4) is 0 Å². The molecule has 1 aromatic carbocycles. The van der Waals surface area contributed by atoms with E-state index in [9.17, 15) is 4.79 Å². The van der Waals surface area contributed by atoms with Crippen LogP contribution in [0.1, 0.15) is 31.7 Å². The van der Waals surface area contributed by atoms with Crippen molar-refractivity contribution in [2.75, 3.05) is 25.6 Å². The number of rotatable bonds is 6. The van der Waals surface area contributed by atoms with Crippen LogP contribution in [0, 0.1) is 5.41 Å². The van der Waals surface area contributed by atoms with Gasteiger partial charge in [0.15, 0.2) is 0 Å². The predicted octanol–water partition coefficient (Wildman–Crippen LogP) is 3.03. The van der Waals surface area contributed by atoms with Crippen LogP contribution in [0.2, 0.25) is 0 Å². The molecular formula is C16H23NO2. The van der Waals surface area contributed by atoms with Crippen LogP contribution in [0.25, 0.3) is 0 Å². The molecule has 1 saturated carbocycles. The zero-order valence-electron chi connectivity index (χ0n) is 12.1. The van der Waals surface area contributed by atoms with Crippen LogP contribution in [0.3, 0.4) is 0 Å². The maximum absolute atomic E-state index is 11.8. The van der Waals surface area contributed by atoms with E-state index >= 15 is 0 Å². The van der Waals surface area contributed by atoms with Gasteiger partial charge in [-0.3, -0.25) is 4.79 Å². The Bertz CT molecular complexity index is 435. The third kappa shape index (κ3) is 3.09. The summed E-state index contributed by atoms with van der Waals surface area (Å²) in [5.74, 6) is -0.0676. The molecule has 0 atom stereocenters. The van der Waals surface area contributed by atoms with Crippen molar-refractivity contribution in [2.24, 2.45) is 5.41 Å². The normalized spacial score (nSPS) is 15.9. The number of aryl methyl sites for hydroxylation is 1. The third-order valence-corrected chi connectivity index (χ3v) is 3.93. The summed E-state index contributed by atoms with van der Waals surface area (Å²) in [7, 11) is 3.51. The molecule has 19 heavy (non-hydrogen) atoms. The number of carbonyl (C=O) groups excluding carboxylic acids is 1. The Morgan fingerprint density at radius 3 is 2.42 bits per heavy atom. The van der Waals surface area contributed by atoms with Crippen molar-refractivity contribution in [1.82, 2.24) is 0 Å². The zero-order valence-corrected chi connectivity index (χ0v) is 12.1. The molecule has 0 bridgehead atoms. The molecule has 1 aromatic rings. The van der Waals surface area contributed by atoms with Gasteiger partial charge in [0.1, 0.15) is 0 Å². The Kier molecular flexibility index (Phi) is 4.13. The van der Waals surface area contributed by atoms with E-state index in [0.29, 0.717) is 0 Å². The van der Waals surface area contributed by atoms with Crippen LogP contribution >= 0.6 is 0 Å². The Labute approximate surface area is 115 Å². The Morgan fingerprint density at radius 1 is 1.32 bits per heavy atom. The van der Waals surface area contributed by atoms with E-state index in [1.807, 2.05) is 7.05 Å². The molecule has 0 amide bonds. The van der Waals surface area contributed by atoms with Crippen LogP contribution in [0.5, 0.6) is 0 Å². The molecule has 104 valence electrons. The highest BCUT2D eigenvalue weighted by Crippen LogP contribution is 2.47. The molecule has 0 heterocycles. The summed E-state index contributed by atoms with van der Waals surface area (Å²) in [6.45, 7) is 2.93. The van der Waals surface area contributed by atoms with Crippen LogP contribution in [0.15, 0.2) is 24.3 Å². The van der Waals surface area contributed by atoms with Gasteiger partial charge < -0.3 is 9.64 Å². The molecule has 1 fully saturated rings. The Morgan fingerprint density at radius 2 is 1.95 bits per heavy atom. The number of esters is 1. The average Bonchev–Trinajstić information content (AvgIpc) is 3.20. The summed E-state index contributed by atoms with van der Waals surface area (Å²) < 4.78 is 4.90. The lowest BCUT2D eigenvalue weighted by Gasteiger charge is -2.24. The first-order chi connectivity index (χ1) is 9.11. The summed E-state index contributed by atoms with van der Waals surface area (Å²) in [6, 6.07) is 8.62. The van der Waals surface area contributed by atoms with Crippen LogP contribution in [0.4, 0.5) is 5.69 Å². The number of carbonyl (C=O) groups is 1. The SMILES string of the molecule is CCCc1ccc(N(C)CC2(C(=O)OC)CC2)cc1. The minimum atomic E-state index is -0.258. The number of benzene rings is 1. The van der Waals surface area contributed by atoms with E-state index in [1.165, 1.54) is 19.1 Å².